The van der Waals surface area contributed by atoms with Crippen LogP contribution in [0.25, 0.3) is 0 Å². The number of benzene rings is 3. The van der Waals surface area contributed by atoms with E-state index in [1.54, 1.807) is 18.2 Å². The molecule has 1 atom stereocenters. The number of ether oxygens (including phenoxy) is 2. The second kappa shape index (κ2) is 14.1. The van der Waals surface area contributed by atoms with E-state index in [1.165, 1.54) is 11.8 Å². The minimum Gasteiger partial charge on any atom is -0.486 e. The molecule has 0 saturated carbocycles. The van der Waals surface area contributed by atoms with Gasteiger partial charge >= 0.3 is 0 Å². The lowest BCUT2D eigenvalue weighted by atomic mass is 10.0. The van der Waals surface area contributed by atoms with Gasteiger partial charge in [0, 0.05) is 29.5 Å². The predicted molar refractivity (Wildman–Crippen MR) is 166 cm³/mol. The lowest BCUT2D eigenvalue weighted by Crippen LogP contribution is -2.54. The molecule has 9 nitrogen and oxygen atoms in total. The number of hydrogen-bond acceptors (Lipinski definition) is 6. The second-order valence-corrected chi connectivity index (χ2v) is 13.4. The quantitative estimate of drug-likeness (QED) is 0.307. The summed E-state index contributed by atoms with van der Waals surface area (Å²) in [5.41, 5.74) is 1.94. The number of halogens is 1. The van der Waals surface area contributed by atoms with Gasteiger partial charge in [-0.25, -0.2) is 8.42 Å². The van der Waals surface area contributed by atoms with Gasteiger partial charge < -0.3 is 19.7 Å². The molecule has 0 aromatic heterocycles. The number of amides is 2. The maximum atomic E-state index is 14.3. The van der Waals surface area contributed by atoms with Gasteiger partial charge in [-0.1, -0.05) is 58.4 Å². The zero-order valence-corrected chi connectivity index (χ0v) is 26.4. The third kappa shape index (κ3) is 8.04. The smallest absolute Gasteiger partial charge is 0.244 e. The van der Waals surface area contributed by atoms with Crippen molar-refractivity contribution < 1.29 is 27.5 Å². The van der Waals surface area contributed by atoms with Gasteiger partial charge in [0.2, 0.25) is 21.8 Å². The van der Waals surface area contributed by atoms with E-state index in [4.69, 9.17) is 9.47 Å². The molecule has 1 aliphatic heterocycles. The maximum absolute atomic E-state index is 14.3. The molecular formula is C31H36BrN3O6S. The van der Waals surface area contributed by atoms with Crippen LogP contribution in [-0.4, -0.2) is 62.7 Å². The molecule has 0 radical (unpaired) electrons. The van der Waals surface area contributed by atoms with Crippen molar-refractivity contribution in [2.45, 2.75) is 45.8 Å². The van der Waals surface area contributed by atoms with Crippen molar-refractivity contribution in [2.24, 2.45) is 0 Å². The number of rotatable bonds is 12. The molecule has 0 saturated heterocycles. The first-order chi connectivity index (χ1) is 20.1. The molecule has 0 bridgehead atoms. The molecule has 1 aliphatic rings. The third-order valence-electron chi connectivity index (χ3n) is 6.74. The lowest BCUT2D eigenvalue weighted by molar-refractivity contribution is -0.140. The fraction of sp³-hybridized carbons (Fsp3) is 0.355. The molecule has 3 aromatic carbocycles. The molecule has 224 valence electrons. The van der Waals surface area contributed by atoms with Crippen molar-refractivity contribution in [3.8, 4) is 11.5 Å². The molecule has 0 fully saturated rings. The van der Waals surface area contributed by atoms with Crippen LogP contribution in [0.5, 0.6) is 11.5 Å². The summed E-state index contributed by atoms with van der Waals surface area (Å²) >= 11 is 3.49. The largest absolute Gasteiger partial charge is 0.486 e. The Morgan fingerprint density at radius 3 is 2.29 bits per heavy atom. The van der Waals surface area contributed by atoms with Gasteiger partial charge in [0.15, 0.2) is 11.5 Å². The summed E-state index contributed by atoms with van der Waals surface area (Å²) in [5.74, 6) is -0.133. The molecule has 1 N–H and O–H groups in total. The van der Waals surface area contributed by atoms with Gasteiger partial charge in [-0.3, -0.25) is 13.9 Å². The van der Waals surface area contributed by atoms with Gasteiger partial charge in [0.05, 0.1) is 11.4 Å². The van der Waals surface area contributed by atoms with Crippen LogP contribution in [0.1, 0.15) is 31.9 Å². The number of anilines is 1. The van der Waals surface area contributed by atoms with Crippen LogP contribution in [0.4, 0.5) is 5.69 Å². The van der Waals surface area contributed by atoms with Crippen molar-refractivity contribution in [3.63, 3.8) is 0 Å². The Morgan fingerprint density at radius 2 is 1.62 bits per heavy atom. The fourth-order valence-corrected chi connectivity index (χ4v) is 6.17. The Kier molecular flexibility index (Phi) is 10.5. The summed E-state index contributed by atoms with van der Waals surface area (Å²) in [5, 5.41) is 2.95. The average Bonchev–Trinajstić information content (AvgIpc) is 2.97. The monoisotopic (exact) mass is 657 g/mol. The number of fused-ring (bicyclic) bond motifs is 1. The van der Waals surface area contributed by atoms with Crippen LogP contribution in [0.3, 0.4) is 0 Å². The minimum atomic E-state index is -3.89. The molecule has 3 aromatic rings. The first-order valence-corrected chi connectivity index (χ1v) is 16.3. The Morgan fingerprint density at radius 1 is 0.929 bits per heavy atom. The van der Waals surface area contributed by atoms with Crippen molar-refractivity contribution in [3.05, 3.63) is 88.4 Å². The van der Waals surface area contributed by atoms with Gasteiger partial charge in [0.1, 0.15) is 25.8 Å². The molecule has 42 heavy (non-hydrogen) atoms. The van der Waals surface area contributed by atoms with Crippen molar-refractivity contribution in [1.29, 1.82) is 0 Å². The summed E-state index contributed by atoms with van der Waals surface area (Å²) < 4.78 is 39.9. The second-order valence-electron chi connectivity index (χ2n) is 10.3. The lowest BCUT2D eigenvalue weighted by Gasteiger charge is -2.34. The zero-order chi connectivity index (χ0) is 30.3. The van der Waals surface area contributed by atoms with Gasteiger partial charge in [0.25, 0.3) is 0 Å². The Labute approximate surface area is 256 Å². The molecule has 4 rings (SSSR count). The topological polar surface area (TPSA) is 105 Å². The SMILES string of the molecule is CCS(=O)(=O)N(CC(=O)N(Cc1cccc(Br)c1)[C@H](Cc1ccccc1)C(=O)NC(C)C)c1ccc2c(c1)OCCO2. The van der Waals surface area contributed by atoms with Gasteiger partial charge in [-0.2, -0.15) is 0 Å². The Bertz CT molecular complexity index is 1500. The number of carbonyl (C=O) groups is 2. The maximum Gasteiger partial charge on any atom is 0.244 e. The number of nitrogens with zero attached hydrogens (tertiary/aromatic N) is 2. The number of sulfonamides is 1. The number of carbonyl (C=O) groups excluding carboxylic acids is 2. The highest BCUT2D eigenvalue weighted by molar-refractivity contribution is 9.10. The molecule has 1 heterocycles. The highest BCUT2D eigenvalue weighted by Gasteiger charge is 2.34. The molecule has 0 spiro atoms. The molecule has 0 aliphatic carbocycles. The van der Waals surface area contributed by atoms with Gasteiger partial charge in [-0.05, 0) is 56.2 Å². The standard InChI is InChI=1S/C31H36BrN3O6S/c1-4-42(38,39)35(26-13-14-28-29(19-26)41-16-15-40-28)21-30(36)34(20-24-11-8-12-25(32)17-24)27(31(37)33-22(2)3)18-23-9-6-5-7-10-23/h5-14,17,19,22,27H,4,15-16,18,20-21H2,1-3H3,(H,33,37)/t27-/m1/s1. The Hall–Kier alpha value is -3.57. The van der Waals surface area contributed by atoms with Gasteiger partial charge in [-0.15, -0.1) is 0 Å². The van der Waals surface area contributed by atoms with Crippen molar-refractivity contribution >= 4 is 43.5 Å². The van der Waals surface area contributed by atoms with E-state index in [0.29, 0.717) is 24.7 Å². The van der Waals surface area contributed by atoms with Crippen LogP contribution in [-0.2, 0) is 32.6 Å². The van der Waals surface area contributed by atoms with Crippen molar-refractivity contribution in [1.82, 2.24) is 10.2 Å². The van der Waals surface area contributed by atoms with E-state index in [9.17, 15) is 18.0 Å². The molecular weight excluding hydrogens is 622 g/mol. The third-order valence-corrected chi connectivity index (χ3v) is 8.97. The van der Waals surface area contributed by atoms with Crippen LogP contribution in [0.2, 0.25) is 0 Å². The van der Waals surface area contributed by atoms with E-state index < -0.39 is 28.5 Å². The van der Waals surface area contributed by atoms with Crippen LogP contribution < -0.4 is 19.1 Å². The van der Waals surface area contributed by atoms with Crippen molar-refractivity contribution in [2.75, 3.05) is 29.8 Å². The summed E-state index contributed by atoms with van der Waals surface area (Å²) in [6.45, 7) is 5.58. The number of hydrogen-bond donors (Lipinski definition) is 1. The van der Waals surface area contributed by atoms with Crippen LogP contribution >= 0.6 is 15.9 Å². The fourth-order valence-electron chi connectivity index (χ4n) is 4.67. The highest BCUT2D eigenvalue weighted by atomic mass is 79.9. The summed E-state index contributed by atoms with van der Waals surface area (Å²) in [6, 6.07) is 20.7. The number of nitrogens with one attached hydrogen (secondary N) is 1. The first-order valence-electron chi connectivity index (χ1n) is 13.9. The van der Waals surface area contributed by atoms with E-state index in [0.717, 1.165) is 19.9 Å². The Balaban J connectivity index is 1.75. The first kappa shape index (κ1) is 31.4. The predicted octanol–water partition coefficient (Wildman–Crippen LogP) is 4.54. The summed E-state index contributed by atoms with van der Waals surface area (Å²) in [4.78, 5) is 29.4. The minimum absolute atomic E-state index is 0.0996. The van der Waals surface area contributed by atoms with E-state index in [-0.39, 0.29) is 36.4 Å². The average molecular weight is 659 g/mol. The normalized spacial score (nSPS) is 13.4. The summed E-state index contributed by atoms with van der Waals surface area (Å²) in [7, 11) is -3.89. The molecule has 0 unspecified atom stereocenters. The van der Waals surface area contributed by atoms with Crippen LogP contribution in [0.15, 0.2) is 77.3 Å². The van der Waals surface area contributed by atoms with E-state index in [1.807, 2.05) is 68.4 Å². The van der Waals surface area contributed by atoms with E-state index in [2.05, 4.69) is 21.2 Å². The summed E-state index contributed by atoms with van der Waals surface area (Å²) in [6.07, 6.45) is 0.254. The zero-order valence-electron chi connectivity index (χ0n) is 24.0. The highest BCUT2D eigenvalue weighted by Crippen LogP contribution is 2.35. The molecule has 2 amide bonds. The molecule has 11 heteroatoms. The van der Waals surface area contributed by atoms with E-state index >= 15 is 0 Å². The van der Waals surface area contributed by atoms with Crippen LogP contribution in [0, 0.1) is 0 Å².